The summed E-state index contributed by atoms with van der Waals surface area (Å²) < 4.78 is 0. The van der Waals surface area contributed by atoms with Crippen molar-refractivity contribution >= 4 is 22.8 Å². The molecule has 18 heavy (non-hydrogen) atoms. The first-order valence-electron chi connectivity index (χ1n) is 6.67. The number of amides is 1. The third kappa shape index (κ3) is 5.29. The van der Waals surface area contributed by atoms with Crippen LogP contribution in [0.15, 0.2) is 4.99 Å². The van der Waals surface area contributed by atoms with Gasteiger partial charge in [-0.15, -0.1) is 0 Å². The lowest BCUT2D eigenvalue weighted by atomic mass is 10.2. The number of aliphatic imine (C=N–C) groups is 1. The number of amidine groups is 1. The first-order chi connectivity index (χ1) is 8.38. The number of rotatable bonds is 4. The molecule has 1 heterocycles. The van der Waals surface area contributed by atoms with Crippen molar-refractivity contribution in [3.05, 3.63) is 0 Å². The predicted octanol–water partition coefficient (Wildman–Crippen LogP) is 2.01. The Morgan fingerprint density at radius 3 is 2.67 bits per heavy atom. The minimum atomic E-state index is -0.229. The fourth-order valence-electron chi connectivity index (χ4n) is 1.78. The first kappa shape index (κ1) is 15.3. The second-order valence-electron chi connectivity index (χ2n) is 5.45. The molecule has 1 amide bonds. The molecule has 2 N–H and O–H groups in total. The fourth-order valence-corrected chi connectivity index (χ4v) is 3.02. The highest BCUT2D eigenvalue weighted by Crippen LogP contribution is 2.23. The fraction of sp³-hybridized carbons (Fsp3) is 0.846. The van der Waals surface area contributed by atoms with Crippen molar-refractivity contribution in [3.8, 4) is 0 Å². The Balaban J connectivity index is 2.43. The molecule has 0 aromatic carbocycles. The lowest BCUT2D eigenvalue weighted by Crippen LogP contribution is -2.46. The average molecular weight is 271 g/mol. The molecule has 0 aromatic rings. The minimum absolute atomic E-state index is 0.0397. The molecule has 0 saturated carbocycles. The Morgan fingerprint density at radius 1 is 1.44 bits per heavy atom. The van der Waals surface area contributed by atoms with Crippen molar-refractivity contribution in [2.24, 2.45) is 10.9 Å². The molecule has 3 atom stereocenters. The van der Waals surface area contributed by atoms with Crippen molar-refractivity contribution in [2.75, 3.05) is 6.54 Å². The number of hydrogen-bond donors (Lipinski definition) is 2. The second-order valence-corrected chi connectivity index (χ2v) is 6.88. The Labute approximate surface area is 114 Å². The highest BCUT2D eigenvalue weighted by Gasteiger charge is 2.21. The van der Waals surface area contributed by atoms with E-state index in [0.29, 0.717) is 17.2 Å². The maximum atomic E-state index is 11.8. The predicted molar refractivity (Wildman–Crippen MR) is 79.0 cm³/mol. The molecule has 5 heteroatoms. The Morgan fingerprint density at radius 2 is 2.11 bits per heavy atom. The molecular weight excluding hydrogens is 246 g/mol. The van der Waals surface area contributed by atoms with E-state index >= 15 is 0 Å². The third-order valence-electron chi connectivity index (χ3n) is 2.74. The number of carbonyl (C=O) groups is 1. The van der Waals surface area contributed by atoms with E-state index in [4.69, 9.17) is 0 Å². The molecule has 0 aromatic heterocycles. The molecule has 1 rings (SSSR count). The van der Waals surface area contributed by atoms with Crippen LogP contribution < -0.4 is 10.6 Å². The zero-order chi connectivity index (χ0) is 13.7. The number of hydrogen-bond acceptors (Lipinski definition) is 4. The lowest BCUT2D eigenvalue weighted by Gasteiger charge is -2.25. The van der Waals surface area contributed by atoms with Crippen LogP contribution in [0.4, 0.5) is 0 Å². The van der Waals surface area contributed by atoms with E-state index < -0.39 is 0 Å². The van der Waals surface area contributed by atoms with Crippen LogP contribution in [0.25, 0.3) is 0 Å². The van der Waals surface area contributed by atoms with Crippen molar-refractivity contribution in [1.82, 2.24) is 10.6 Å². The molecule has 1 aliphatic rings. The van der Waals surface area contributed by atoms with Crippen LogP contribution in [0.3, 0.4) is 0 Å². The zero-order valence-corrected chi connectivity index (χ0v) is 12.8. The molecule has 0 spiro atoms. The van der Waals surface area contributed by atoms with Crippen LogP contribution in [-0.2, 0) is 4.79 Å². The van der Waals surface area contributed by atoms with E-state index in [-0.39, 0.29) is 11.9 Å². The molecule has 0 bridgehead atoms. The van der Waals surface area contributed by atoms with Gasteiger partial charge in [-0.25, -0.2) is 0 Å². The van der Waals surface area contributed by atoms with Gasteiger partial charge in [-0.05, 0) is 26.2 Å². The van der Waals surface area contributed by atoms with Crippen molar-refractivity contribution < 1.29 is 4.79 Å². The topological polar surface area (TPSA) is 53.5 Å². The normalized spacial score (nSPS) is 25.6. The summed E-state index contributed by atoms with van der Waals surface area (Å²) in [6.45, 7) is 11.1. The molecule has 104 valence electrons. The summed E-state index contributed by atoms with van der Waals surface area (Å²) in [5, 5.41) is 7.59. The van der Waals surface area contributed by atoms with Gasteiger partial charge < -0.3 is 10.6 Å². The molecule has 0 fully saturated rings. The maximum Gasteiger partial charge on any atom is 0.242 e. The van der Waals surface area contributed by atoms with Crippen LogP contribution >= 0.6 is 11.8 Å². The lowest BCUT2D eigenvalue weighted by molar-refractivity contribution is -0.122. The minimum Gasteiger partial charge on any atom is -0.354 e. The number of thioether (sulfide) groups is 1. The summed E-state index contributed by atoms with van der Waals surface area (Å²) in [7, 11) is 0. The molecular formula is C13H25N3OS. The van der Waals surface area contributed by atoms with Gasteiger partial charge in [-0.3, -0.25) is 9.79 Å². The molecule has 1 aliphatic heterocycles. The number of nitrogens with zero attached hydrogens (tertiary/aromatic N) is 1. The largest absolute Gasteiger partial charge is 0.354 e. The molecule has 0 aliphatic carbocycles. The van der Waals surface area contributed by atoms with Crippen molar-refractivity contribution in [1.29, 1.82) is 0 Å². The zero-order valence-electron chi connectivity index (χ0n) is 12.0. The highest BCUT2D eigenvalue weighted by molar-refractivity contribution is 8.14. The van der Waals surface area contributed by atoms with Gasteiger partial charge in [0, 0.05) is 11.8 Å². The summed E-state index contributed by atoms with van der Waals surface area (Å²) in [5.41, 5.74) is 0. The van der Waals surface area contributed by atoms with E-state index in [2.05, 4.69) is 43.3 Å². The molecule has 0 saturated heterocycles. The van der Waals surface area contributed by atoms with Crippen molar-refractivity contribution in [2.45, 2.75) is 58.4 Å². The van der Waals surface area contributed by atoms with Crippen molar-refractivity contribution in [3.63, 3.8) is 0 Å². The smallest absolute Gasteiger partial charge is 0.242 e. The summed E-state index contributed by atoms with van der Waals surface area (Å²) in [4.78, 5) is 16.4. The Hall–Kier alpha value is -0.710. The maximum absolute atomic E-state index is 11.8. The van der Waals surface area contributed by atoms with Gasteiger partial charge in [0.15, 0.2) is 5.17 Å². The van der Waals surface area contributed by atoms with Gasteiger partial charge >= 0.3 is 0 Å². The number of carbonyl (C=O) groups excluding carboxylic acids is 1. The van der Waals surface area contributed by atoms with Gasteiger partial charge in [-0.2, -0.15) is 0 Å². The van der Waals surface area contributed by atoms with E-state index in [1.165, 1.54) is 0 Å². The highest BCUT2D eigenvalue weighted by atomic mass is 32.2. The summed E-state index contributed by atoms with van der Waals surface area (Å²) in [5.74, 6) is 0.514. The average Bonchev–Trinajstić information content (AvgIpc) is 2.24. The van der Waals surface area contributed by atoms with Gasteiger partial charge in [0.1, 0.15) is 6.04 Å². The first-order valence-corrected chi connectivity index (χ1v) is 7.55. The summed E-state index contributed by atoms with van der Waals surface area (Å²) in [6, 6.07) is 0.113. The van der Waals surface area contributed by atoms with E-state index in [9.17, 15) is 4.79 Å². The summed E-state index contributed by atoms with van der Waals surface area (Å²) in [6.07, 6.45) is 1.10. The second kappa shape index (κ2) is 7.02. The van der Waals surface area contributed by atoms with Gasteiger partial charge in [0.05, 0.1) is 6.04 Å². The van der Waals surface area contributed by atoms with Gasteiger partial charge in [-0.1, -0.05) is 32.5 Å². The van der Waals surface area contributed by atoms with Crippen LogP contribution in [-0.4, -0.2) is 35.0 Å². The Bertz CT molecular complexity index is 317. The van der Waals surface area contributed by atoms with Gasteiger partial charge in [0.2, 0.25) is 5.91 Å². The van der Waals surface area contributed by atoms with Crippen LogP contribution in [0.2, 0.25) is 0 Å². The van der Waals surface area contributed by atoms with Gasteiger partial charge in [0.25, 0.3) is 0 Å². The number of nitrogens with one attached hydrogen (secondary N) is 2. The quantitative estimate of drug-likeness (QED) is 0.822. The van der Waals surface area contributed by atoms with E-state index in [1.54, 1.807) is 11.8 Å². The third-order valence-corrected chi connectivity index (χ3v) is 3.78. The summed E-state index contributed by atoms with van der Waals surface area (Å²) >= 11 is 1.72. The standard InChI is InChI=1S/C13H25N3OS/c1-8(2)7-14-12(17)11(5)16-13-15-9(3)6-10(4)18-13/h8-11H,6-7H2,1-5H3,(H,14,17)(H,15,16). The van der Waals surface area contributed by atoms with Crippen LogP contribution in [0.1, 0.15) is 41.0 Å². The van der Waals surface area contributed by atoms with E-state index in [1.807, 2.05) is 6.92 Å². The molecule has 0 radical (unpaired) electrons. The Kier molecular flexibility index (Phi) is 5.99. The van der Waals surface area contributed by atoms with Crippen LogP contribution in [0.5, 0.6) is 0 Å². The molecule has 4 nitrogen and oxygen atoms in total. The monoisotopic (exact) mass is 271 g/mol. The van der Waals surface area contributed by atoms with Crippen LogP contribution in [0, 0.1) is 5.92 Å². The van der Waals surface area contributed by atoms with E-state index in [0.717, 1.165) is 18.1 Å². The molecule has 3 unspecified atom stereocenters. The SMILES string of the molecule is CC(C)CNC(=O)C(C)NC1=NC(C)CC(C)S1.